The number of ketones is 1. The molecule has 2 aromatic carbocycles. The van der Waals surface area contributed by atoms with Gasteiger partial charge in [0.05, 0.1) is 14.1 Å². The number of nitro groups is 1. The van der Waals surface area contributed by atoms with E-state index in [1.54, 1.807) is 26.8 Å². The van der Waals surface area contributed by atoms with Crippen LogP contribution in [0.5, 0.6) is 11.5 Å². The minimum Gasteiger partial charge on any atom is -0.450 e. The maximum atomic E-state index is 13.0. The lowest BCUT2D eigenvalue weighted by Gasteiger charge is -2.12. The SMILES string of the molecule is CC(C)(C)C(=O)C=c1[nH]c(=O)c(=Cc2ccc(Oc3ccc(F)cc3)c([N+](=O)[O-])c2)s1. The number of aromatic nitrogens is 1. The Morgan fingerprint density at radius 3 is 2.48 bits per heavy atom. The van der Waals surface area contributed by atoms with Crippen LogP contribution in [0.4, 0.5) is 10.1 Å². The number of ether oxygens (including phenoxy) is 1. The fourth-order valence-corrected chi connectivity index (χ4v) is 3.38. The number of benzene rings is 2. The summed E-state index contributed by atoms with van der Waals surface area (Å²) in [6.07, 6.45) is 2.88. The molecule has 7 nitrogen and oxygen atoms in total. The Morgan fingerprint density at radius 1 is 1.19 bits per heavy atom. The summed E-state index contributed by atoms with van der Waals surface area (Å²) in [7, 11) is 0. The Bertz CT molecular complexity index is 1320. The molecule has 3 rings (SSSR count). The number of carbonyl (C=O) groups excluding carboxylic acids is 1. The molecule has 31 heavy (non-hydrogen) atoms. The minimum atomic E-state index is -0.601. The molecule has 0 bridgehead atoms. The highest BCUT2D eigenvalue weighted by atomic mass is 32.1. The second-order valence-corrected chi connectivity index (χ2v) is 8.81. The monoisotopic (exact) mass is 442 g/mol. The van der Waals surface area contributed by atoms with Crippen LogP contribution in [0.25, 0.3) is 12.2 Å². The summed E-state index contributed by atoms with van der Waals surface area (Å²) in [6, 6.07) is 9.35. The molecule has 0 fully saturated rings. The summed E-state index contributed by atoms with van der Waals surface area (Å²) in [5, 5.41) is 11.5. The van der Waals surface area contributed by atoms with E-state index in [9.17, 15) is 24.1 Å². The van der Waals surface area contributed by atoms with Crippen molar-refractivity contribution < 1.29 is 18.8 Å². The normalized spacial score (nSPS) is 12.8. The van der Waals surface area contributed by atoms with Gasteiger partial charge in [-0.25, -0.2) is 4.39 Å². The summed E-state index contributed by atoms with van der Waals surface area (Å²) < 4.78 is 19.2. The first-order valence-electron chi connectivity index (χ1n) is 9.22. The predicted molar refractivity (Wildman–Crippen MR) is 116 cm³/mol. The first-order chi connectivity index (χ1) is 14.5. The Labute approximate surface area is 180 Å². The number of halogens is 1. The predicted octanol–water partition coefficient (Wildman–Crippen LogP) is 3.50. The maximum Gasteiger partial charge on any atom is 0.312 e. The van der Waals surface area contributed by atoms with E-state index < -0.39 is 21.7 Å². The Balaban J connectivity index is 1.98. The largest absolute Gasteiger partial charge is 0.450 e. The molecule has 1 aromatic heterocycles. The zero-order valence-corrected chi connectivity index (χ0v) is 17.8. The first kappa shape index (κ1) is 22.1. The van der Waals surface area contributed by atoms with Crippen LogP contribution in [0.1, 0.15) is 26.3 Å². The molecule has 3 aromatic rings. The smallest absolute Gasteiger partial charge is 0.312 e. The lowest BCUT2D eigenvalue weighted by Crippen LogP contribution is -2.22. The third kappa shape index (κ3) is 5.52. The van der Waals surface area contributed by atoms with Crippen LogP contribution in [0.15, 0.2) is 47.3 Å². The van der Waals surface area contributed by atoms with Crippen LogP contribution in [-0.4, -0.2) is 15.7 Å². The second-order valence-electron chi connectivity index (χ2n) is 7.73. The molecule has 0 radical (unpaired) electrons. The molecule has 0 atom stereocenters. The van der Waals surface area contributed by atoms with E-state index in [0.29, 0.717) is 14.8 Å². The van der Waals surface area contributed by atoms with Crippen LogP contribution in [-0.2, 0) is 4.79 Å². The van der Waals surface area contributed by atoms with Crippen molar-refractivity contribution in [3.8, 4) is 11.5 Å². The number of Topliss-reactive ketones (excluding diaryl/α,β-unsaturated/α-hetero) is 1. The van der Waals surface area contributed by atoms with E-state index >= 15 is 0 Å². The number of nitrogens with one attached hydrogen (secondary N) is 1. The number of rotatable bonds is 5. The third-order valence-electron chi connectivity index (χ3n) is 4.20. The van der Waals surface area contributed by atoms with E-state index in [1.165, 1.54) is 48.6 Å². The average Bonchev–Trinajstić information content (AvgIpc) is 3.02. The summed E-state index contributed by atoms with van der Waals surface area (Å²) >= 11 is 1.08. The Hall–Kier alpha value is -3.59. The summed E-state index contributed by atoms with van der Waals surface area (Å²) in [5.74, 6) is -0.346. The fourth-order valence-electron chi connectivity index (χ4n) is 2.49. The number of carbonyl (C=O) groups is 1. The number of nitro benzene ring substituents is 1. The van der Waals surface area contributed by atoms with Gasteiger partial charge in [0, 0.05) is 17.6 Å². The zero-order chi connectivity index (χ0) is 22.8. The van der Waals surface area contributed by atoms with Gasteiger partial charge in [0.2, 0.25) is 5.75 Å². The van der Waals surface area contributed by atoms with Gasteiger partial charge in [0.1, 0.15) is 11.6 Å². The number of hydrogen-bond acceptors (Lipinski definition) is 6. The summed E-state index contributed by atoms with van der Waals surface area (Å²) in [6.45, 7) is 5.33. The van der Waals surface area contributed by atoms with E-state index in [-0.39, 0.29) is 23.0 Å². The number of aromatic amines is 1. The van der Waals surface area contributed by atoms with Crippen molar-refractivity contribution >= 4 is 35.0 Å². The topological polar surface area (TPSA) is 102 Å². The molecule has 1 N–H and O–H groups in total. The van der Waals surface area contributed by atoms with Crippen molar-refractivity contribution in [1.82, 2.24) is 4.98 Å². The number of hydrogen-bond donors (Lipinski definition) is 1. The van der Waals surface area contributed by atoms with Gasteiger partial charge in [0.25, 0.3) is 5.56 Å². The Kier molecular flexibility index (Phi) is 6.16. The second kappa shape index (κ2) is 8.65. The highest BCUT2D eigenvalue weighted by Gasteiger charge is 2.19. The number of nitrogens with zero attached hydrogens (tertiary/aromatic N) is 1. The molecule has 0 aliphatic heterocycles. The average molecular weight is 442 g/mol. The molecule has 0 spiro atoms. The van der Waals surface area contributed by atoms with Gasteiger partial charge in [-0.05, 0) is 42.0 Å². The standard InChI is InChI=1S/C22H19FN2O5S/c1-22(2,3)19(26)12-20-24-21(27)18(31-20)11-13-4-9-17(16(10-13)25(28)29)30-15-7-5-14(23)6-8-15/h4-12H,1-3H3,(H,24,27). The number of H-pyrrole nitrogens is 1. The molecule has 0 saturated carbocycles. The van der Waals surface area contributed by atoms with Crippen LogP contribution >= 0.6 is 11.3 Å². The van der Waals surface area contributed by atoms with Crippen LogP contribution < -0.4 is 19.5 Å². The van der Waals surface area contributed by atoms with Crippen molar-refractivity contribution in [2.75, 3.05) is 0 Å². The van der Waals surface area contributed by atoms with E-state index in [4.69, 9.17) is 4.74 Å². The van der Waals surface area contributed by atoms with Gasteiger partial charge >= 0.3 is 5.69 Å². The highest BCUT2D eigenvalue weighted by Crippen LogP contribution is 2.32. The van der Waals surface area contributed by atoms with Crippen LogP contribution in [0.2, 0.25) is 0 Å². The van der Waals surface area contributed by atoms with Gasteiger partial charge < -0.3 is 9.72 Å². The molecule has 0 unspecified atom stereocenters. The molecule has 0 aliphatic carbocycles. The van der Waals surface area contributed by atoms with Crippen molar-refractivity contribution in [2.45, 2.75) is 20.8 Å². The lowest BCUT2D eigenvalue weighted by molar-refractivity contribution is -0.385. The van der Waals surface area contributed by atoms with Gasteiger partial charge in [-0.15, -0.1) is 11.3 Å². The zero-order valence-electron chi connectivity index (χ0n) is 17.0. The van der Waals surface area contributed by atoms with Crippen molar-refractivity contribution in [3.63, 3.8) is 0 Å². The maximum absolute atomic E-state index is 13.0. The van der Waals surface area contributed by atoms with Gasteiger partial charge in [-0.2, -0.15) is 0 Å². The van der Waals surface area contributed by atoms with Crippen LogP contribution in [0.3, 0.4) is 0 Å². The molecular formula is C22H19FN2O5S. The van der Waals surface area contributed by atoms with E-state index in [1.807, 2.05) is 0 Å². The molecule has 160 valence electrons. The summed E-state index contributed by atoms with van der Waals surface area (Å²) in [5.41, 5.74) is -0.863. The van der Waals surface area contributed by atoms with Gasteiger partial charge in [-0.1, -0.05) is 26.8 Å². The van der Waals surface area contributed by atoms with Crippen LogP contribution in [0, 0.1) is 21.3 Å². The van der Waals surface area contributed by atoms with E-state index in [2.05, 4.69) is 4.98 Å². The molecule has 0 amide bonds. The van der Waals surface area contributed by atoms with Crippen molar-refractivity contribution in [1.29, 1.82) is 0 Å². The minimum absolute atomic E-state index is 0.0151. The van der Waals surface area contributed by atoms with Crippen molar-refractivity contribution in [2.24, 2.45) is 5.41 Å². The fraction of sp³-hybridized carbons (Fsp3) is 0.182. The number of thiazole rings is 1. The molecule has 0 aliphatic rings. The van der Waals surface area contributed by atoms with E-state index in [0.717, 1.165) is 11.3 Å². The molecule has 0 saturated heterocycles. The molecular weight excluding hydrogens is 423 g/mol. The quantitative estimate of drug-likeness (QED) is 0.481. The Morgan fingerprint density at radius 2 is 1.87 bits per heavy atom. The first-order valence-corrected chi connectivity index (χ1v) is 10.0. The lowest BCUT2D eigenvalue weighted by atomic mass is 9.91. The third-order valence-corrected chi connectivity index (χ3v) is 5.16. The van der Waals surface area contributed by atoms with Gasteiger partial charge in [-0.3, -0.25) is 19.7 Å². The molecule has 1 heterocycles. The molecule has 9 heteroatoms. The van der Waals surface area contributed by atoms with Gasteiger partial charge in [0.15, 0.2) is 5.78 Å². The highest BCUT2D eigenvalue weighted by molar-refractivity contribution is 7.07. The summed E-state index contributed by atoms with van der Waals surface area (Å²) in [4.78, 5) is 37.9. The van der Waals surface area contributed by atoms with Crippen molar-refractivity contribution in [3.05, 3.63) is 83.5 Å².